The monoisotopic (exact) mass is 470 g/mol. The van der Waals surface area contributed by atoms with Gasteiger partial charge in [0.05, 0.1) is 17.3 Å². The molecule has 174 valence electrons. The van der Waals surface area contributed by atoms with Gasteiger partial charge in [0.2, 0.25) is 5.91 Å². The molecule has 3 aromatic rings. The van der Waals surface area contributed by atoms with Gasteiger partial charge in [-0.2, -0.15) is 0 Å². The molecule has 0 fully saturated rings. The number of hydrogen-bond acceptors (Lipinski definition) is 4. The highest BCUT2D eigenvalue weighted by atomic mass is 35.5. The average Bonchev–Trinajstić information content (AvgIpc) is 3.13. The topological polar surface area (TPSA) is 90.0 Å². The Labute approximate surface area is 198 Å². The van der Waals surface area contributed by atoms with E-state index >= 15 is 0 Å². The van der Waals surface area contributed by atoms with E-state index in [9.17, 15) is 14.0 Å². The maximum absolute atomic E-state index is 14.3. The molecule has 6 nitrogen and oxygen atoms in total. The second kappa shape index (κ2) is 10.7. The molecule has 0 radical (unpaired) electrons. The first kappa shape index (κ1) is 24.6. The summed E-state index contributed by atoms with van der Waals surface area (Å²) < 4.78 is 16.1. The zero-order valence-electron chi connectivity index (χ0n) is 18.9. The van der Waals surface area contributed by atoms with Crippen LogP contribution in [0.25, 0.3) is 5.69 Å². The van der Waals surface area contributed by atoms with Crippen molar-refractivity contribution in [3.63, 3.8) is 0 Å². The number of rotatable bonds is 9. The molecule has 0 unspecified atom stereocenters. The van der Waals surface area contributed by atoms with Crippen LogP contribution >= 0.6 is 11.6 Å². The summed E-state index contributed by atoms with van der Waals surface area (Å²) in [6, 6.07) is 10.2. The smallest absolute Gasteiger partial charge is 0.236 e. The van der Waals surface area contributed by atoms with Crippen molar-refractivity contribution >= 4 is 23.3 Å². The Bertz CT molecular complexity index is 1160. The number of benzene rings is 2. The van der Waals surface area contributed by atoms with E-state index in [2.05, 4.69) is 10.3 Å². The van der Waals surface area contributed by atoms with Crippen LogP contribution in [0.15, 0.2) is 48.7 Å². The van der Waals surface area contributed by atoms with Crippen LogP contribution in [0, 0.1) is 18.7 Å². The second-order valence-corrected chi connectivity index (χ2v) is 8.82. The number of halogens is 2. The fourth-order valence-electron chi connectivity index (χ4n) is 3.73. The molecule has 0 saturated heterocycles. The molecule has 3 rings (SSSR count). The first-order valence-electron chi connectivity index (χ1n) is 10.8. The lowest BCUT2D eigenvalue weighted by Crippen LogP contribution is -2.42. The molecule has 1 aromatic heterocycles. The lowest BCUT2D eigenvalue weighted by Gasteiger charge is -2.17. The van der Waals surface area contributed by atoms with Gasteiger partial charge in [-0.3, -0.25) is 9.59 Å². The van der Waals surface area contributed by atoms with E-state index in [1.165, 1.54) is 24.3 Å². The quantitative estimate of drug-likeness (QED) is 0.458. The highest BCUT2D eigenvalue weighted by molar-refractivity contribution is 6.31. The normalized spacial score (nSPS) is 12.1. The predicted octanol–water partition coefficient (Wildman–Crippen LogP) is 4.24. The maximum Gasteiger partial charge on any atom is 0.236 e. The van der Waals surface area contributed by atoms with Crippen molar-refractivity contribution < 1.29 is 14.0 Å². The van der Waals surface area contributed by atoms with E-state index in [0.29, 0.717) is 41.8 Å². The summed E-state index contributed by atoms with van der Waals surface area (Å²) in [5.74, 6) is -0.301. The Kier molecular flexibility index (Phi) is 8.00. The van der Waals surface area contributed by atoms with E-state index in [0.717, 1.165) is 5.69 Å². The number of ketones is 1. The number of nitrogens with zero attached hydrogens (tertiary/aromatic N) is 2. The lowest BCUT2D eigenvalue weighted by molar-refractivity contribution is -0.122. The number of carbonyl (C=O) groups is 2. The van der Waals surface area contributed by atoms with Gasteiger partial charge in [0.15, 0.2) is 5.78 Å². The van der Waals surface area contributed by atoms with Crippen LogP contribution in [0.5, 0.6) is 0 Å². The van der Waals surface area contributed by atoms with Crippen molar-refractivity contribution in [3.8, 4) is 5.69 Å². The van der Waals surface area contributed by atoms with Crippen LogP contribution < -0.4 is 11.1 Å². The van der Waals surface area contributed by atoms with Gasteiger partial charge >= 0.3 is 0 Å². The number of aryl methyl sites for hydroxylation is 1. The van der Waals surface area contributed by atoms with Gasteiger partial charge in [-0.1, -0.05) is 37.6 Å². The molecular weight excluding hydrogens is 443 g/mol. The molecule has 0 bridgehead atoms. The third-order valence-corrected chi connectivity index (χ3v) is 5.55. The second-order valence-electron chi connectivity index (χ2n) is 8.38. The minimum atomic E-state index is -0.601. The van der Waals surface area contributed by atoms with Gasteiger partial charge in [-0.25, -0.2) is 9.37 Å². The van der Waals surface area contributed by atoms with Crippen molar-refractivity contribution in [2.75, 3.05) is 6.54 Å². The molecular formula is C25H28ClFN4O2. The van der Waals surface area contributed by atoms with Gasteiger partial charge in [0.25, 0.3) is 0 Å². The van der Waals surface area contributed by atoms with E-state index in [4.69, 9.17) is 17.3 Å². The largest absolute Gasteiger partial charge is 0.354 e. The van der Waals surface area contributed by atoms with Crippen molar-refractivity contribution in [3.05, 3.63) is 82.1 Å². The molecule has 8 heteroatoms. The Hall–Kier alpha value is -3.03. The summed E-state index contributed by atoms with van der Waals surface area (Å²) >= 11 is 6.18. The maximum atomic E-state index is 14.3. The SMILES string of the molecule is Cc1ncc(CCNC(=O)[C@@H](N)CC(C)C)n1-c1ccc(Cl)cc1C(=O)c1ccccc1F. The minimum Gasteiger partial charge on any atom is -0.354 e. The van der Waals surface area contributed by atoms with Crippen molar-refractivity contribution in [1.82, 2.24) is 14.9 Å². The molecule has 0 aliphatic carbocycles. The Morgan fingerprint density at radius 1 is 1.18 bits per heavy atom. The first-order valence-corrected chi connectivity index (χ1v) is 11.2. The number of amides is 1. The van der Waals surface area contributed by atoms with E-state index in [-0.39, 0.29) is 17.0 Å². The minimum absolute atomic E-state index is 0.0354. The molecule has 0 aliphatic rings. The summed E-state index contributed by atoms with van der Waals surface area (Å²) in [6.45, 7) is 6.20. The number of nitrogens with two attached hydrogens (primary N) is 1. The molecule has 0 spiro atoms. The molecule has 0 aliphatic heterocycles. The zero-order valence-corrected chi connectivity index (χ0v) is 19.7. The standard InChI is InChI=1S/C25H28ClFN4O2/c1-15(2)12-22(28)25(33)29-11-10-18-14-30-16(3)31(18)23-9-8-17(26)13-20(23)24(32)19-6-4-5-7-21(19)27/h4-9,13-15,22H,10-12,28H2,1-3H3,(H,29,33)/t22-/m0/s1. The zero-order chi connectivity index (χ0) is 24.1. The van der Waals surface area contributed by atoms with Gasteiger partial charge < -0.3 is 15.6 Å². The average molecular weight is 471 g/mol. The Balaban J connectivity index is 1.88. The highest BCUT2D eigenvalue weighted by Gasteiger charge is 2.21. The Morgan fingerprint density at radius 3 is 2.61 bits per heavy atom. The summed E-state index contributed by atoms with van der Waals surface area (Å²) in [5, 5.41) is 3.23. The summed E-state index contributed by atoms with van der Waals surface area (Å²) in [7, 11) is 0. The summed E-state index contributed by atoms with van der Waals surface area (Å²) in [4.78, 5) is 29.9. The van der Waals surface area contributed by atoms with Gasteiger partial charge in [-0.15, -0.1) is 0 Å². The molecule has 1 amide bonds. The highest BCUT2D eigenvalue weighted by Crippen LogP contribution is 2.26. The number of aromatic nitrogens is 2. The molecule has 3 N–H and O–H groups in total. The molecule has 2 aromatic carbocycles. The predicted molar refractivity (Wildman–Crippen MR) is 127 cm³/mol. The third-order valence-electron chi connectivity index (χ3n) is 5.32. The number of hydrogen-bond donors (Lipinski definition) is 2. The van der Waals surface area contributed by atoms with E-state index in [1.807, 2.05) is 25.3 Å². The van der Waals surface area contributed by atoms with Gasteiger partial charge in [0, 0.05) is 35.4 Å². The first-order chi connectivity index (χ1) is 15.7. The van der Waals surface area contributed by atoms with Crippen molar-refractivity contribution in [2.45, 2.75) is 39.7 Å². The van der Waals surface area contributed by atoms with Crippen LogP contribution in [0.1, 0.15) is 47.7 Å². The molecule has 0 saturated carbocycles. The van der Waals surface area contributed by atoms with Crippen LogP contribution in [-0.2, 0) is 11.2 Å². The summed E-state index contributed by atoms with van der Waals surface area (Å²) in [6.07, 6.45) is 2.77. The van der Waals surface area contributed by atoms with Crippen LogP contribution in [0.2, 0.25) is 5.02 Å². The lowest BCUT2D eigenvalue weighted by atomic mass is 10.0. The molecule has 1 heterocycles. The van der Waals surface area contributed by atoms with E-state index in [1.54, 1.807) is 24.4 Å². The fourth-order valence-corrected chi connectivity index (χ4v) is 3.90. The van der Waals surface area contributed by atoms with Crippen LogP contribution in [0.4, 0.5) is 4.39 Å². The molecule has 1 atom stereocenters. The van der Waals surface area contributed by atoms with Crippen LogP contribution in [-0.4, -0.2) is 33.8 Å². The fraction of sp³-hybridized carbons (Fsp3) is 0.320. The summed E-state index contributed by atoms with van der Waals surface area (Å²) in [5.41, 5.74) is 7.50. The number of imidazole rings is 1. The molecule has 33 heavy (non-hydrogen) atoms. The number of nitrogens with one attached hydrogen (secondary N) is 1. The van der Waals surface area contributed by atoms with Crippen molar-refractivity contribution in [1.29, 1.82) is 0 Å². The van der Waals surface area contributed by atoms with E-state index < -0.39 is 17.6 Å². The van der Waals surface area contributed by atoms with Crippen LogP contribution in [0.3, 0.4) is 0 Å². The third kappa shape index (κ3) is 5.86. The van der Waals surface area contributed by atoms with Gasteiger partial charge in [-0.05, 0) is 49.6 Å². The Morgan fingerprint density at radius 2 is 1.91 bits per heavy atom. The van der Waals surface area contributed by atoms with Crippen molar-refractivity contribution in [2.24, 2.45) is 11.7 Å². The van der Waals surface area contributed by atoms with Gasteiger partial charge in [0.1, 0.15) is 11.6 Å². The number of carbonyl (C=O) groups excluding carboxylic acids is 2.